The third-order valence-corrected chi connectivity index (χ3v) is 2.19. The summed E-state index contributed by atoms with van der Waals surface area (Å²) in [5.41, 5.74) is 0. The zero-order valence-electron chi connectivity index (χ0n) is 6.92. The molecule has 0 aliphatic carbocycles. The maximum atomic E-state index is 9.21. The molecule has 0 fully saturated rings. The Kier molecular flexibility index (Phi) is 7.33. The van der Waals surface area contributed by atoms with Crippen LogP contribution in [-0.2, 0) is 0 Å². The van der Waals surface area contributed by atoms with Crippen LogP contribution in [0.1, 0.15) is 39.0 Å². The van der Waals surface area contributed by atoms with E-state index in [1.807, 2.05) is 0 Å². The van der Waals surface area contributed by atoms with Crippen molar-refractivity contribution in [2.45, 2.75) is 45.1 Å². The monoisotopic (exact) mass is 192 g/mol. The first-order valence-corrected chi connectivity index (χ1v) is 4.95. The van der Waals surface area contributed by atoms with Gasteiger partial charge in [-0.25, -0.2) is 0 Å². The second-order valence-corrected chi connectivity index (χ2v) is 3.93. The molecular weight excluding hydrogens is 176 g/mol. The fourth-order valence-corrected chi connectivity index (χ4v) is 1.13. The molecule has 1 atom stereocenters. The summed E-state index contributed by atoms with van der Waals surface area (Å²) in [6.45, 7) is 2.17. The van der Waals surface area contributed by atoms with Crippen molar-refractivity contribution < 1.29 is 5.11 Å². The number of unbranched alkanes of at least 4 members (excludes halogenated alkanes) is 3. The highest BCUT2D eigenvalue weighted by Gasteiger charge is 2.05. The van der Waals surface area contributed by atoms with E-state index in [4.69, 9.17) is 12.2 Å². The third-order valence-electron chi connectivity index (χ3n) is 1.62. The molecule has 0 aliphatic rings. The number of thiol groups is 1. The first-order chi connectivity index (χ1) is 5.18. The standard InChI is InChI=1S/C8H16OS2/c1-2-3-4-5-6-7(9)8(10)11/h7,9H,2-6H2,1H3,(H,10,11). The van der Waals surface area contributed by atoms with E-state index in [0.717, 1.165) is 12.8 Å². The van der Waals surface area contributed by atoms with Crippen LogP contribution in [0.4, 0.5) is 0 Å². The van der Waals surface area contributed by atoms with Crippen LogP contribution in [0.2, 0.25) is 0 Å². The maximum Gasteiger partial charge on any atom is 0.0947 e. The summed E-state index contributed by atoms with van der Waals surface area (Å²) in [5, 5.41) is 9.21. The van der Waals surface area contributed by atoms with Gasteiger partial charge in [-0.05, 0) is 6.42 Å². The zero-order valence-corrected chi connectivity index (χ0v) is 8.63. The Labute approximate surface area is 79.6 Å². The SMILES string of the molecule is CCCCCCC(O)C(=S)S. The van der Waals surface area contributed by atoms with Gasteiger partial charge in [-0.3, -0.25) is 0 Å². The fraction of sp³-hybridized carbons (Fsp3) is 0.875. The van der Waals surface area contributed by atoms with Gasteiger partial charge in [0.25, 0.3) is 0 Å². The van der Waals surface area contributed by atoms with Crippen LogP contribution in [0.15, 0.2) is 0 Å². The predicted molar refractivity (Wildman–Crippen MR) is 56.3 cm³/mol. The van der Waals surface area contributed by atoms with Gasteiger partial charge in [-0.1, -0.05) is 44.8 Å². The number of hydrogen-bond donors (Lipinski definition) is 2. The molecule has 1 nitrogen and oxygen atoms in total. The first-order valence-electron chi connectivity index (χ1n) is 4.09. The molecule has 66 valence electrons. The van der Waals surface area contributed by atoms with Gasteiger partial charge >= 0.3 is 0 Å². The Morgan fingerprint density at radius 2 is 2.09 bits per heavy atom. The molecule has 1 unspecified atom stereocenters. The summed E-state index contributed by atoms with van der Waals surface area (Å²) < 4.78 is 0.418. The largest absolute Gasteiger partial charge is 0.387 e. The average Bonchev–Trinajstić information content (AvgIpc) is 1.97. The Hall–Kier alpha value is 0.400. The van der Waals surface area contributed by atoms with Crippen LogP contribution in [0, 0.1) is 0 Å². The van der Waals surface area contributed by atoms with Gasteiger partial charge in [0.05, 0.1) is 10.3 Å². The van der Waals surface area contributed by atoms with Crippen LogP contribution < -0.4 is 0 Å². The molecule has 11 heavy (non-hydrogen) atoms. The molecule has 0 aliphatic heterocycles. The second-order valence-electron chi connectivity index (χ2n) is 2.70. The number of aliphatic hydroxyl groups is 1. The molecular formula is C8H16OS2. The summed E-state index contributed by atoms with van der Waals surface area (Å²) in [6, 6.07) is 0. The molecule has 0 amide bonds. The van der Waals surface area contributed by atoms with Gasteiger partial charge in [-0.15, -0.1) is 12.6 Å². The van der Waals surface area contributed by atoms with Crippen molar-refractivity contribution in [2.75, 3.05) is 0 Å². The Balaban J connectivity index is 3.17. The third kappa shape index (κ3) is 6.78. The number of thiocarbonyl (C=S) groups is 1. The molecule has 0 rings (SSSR count). The van der Waals surface area contributed by atoms with Gasteiger partial charge in [0.2, 0.25) is 0 Å². The predicted octanol–water partition coefficient (Wildman–Crippen LogP) is 2.57. The Morgan fingerprint density at radius 3 is 2.55 bits per heavy atom. The molecule has 0 spiro atoms. The summed E-state index contributed by atoms with van der Waals surface area (Å²) in [6.07, 6.45) is 4.99. The molecule has 0 aromatic heterocycles. The lowest BCUT2D eigenvalue weighted by Gasteiger charge is -2.06. The average molecular weight is 192 g/mol. The van der Waals surface area contributed by atoms with Crippen molar-refractivity contribution in [3.63, 3.8) is 0 Å². The van der Waals surface area contributed by atoms with Gasteiger partial charge in [0.1, 0.15) is 0 Å². The number of hydrogen-bond acceptors (Lipinski definition) is 2. The normalized spacial score (nSPS) is 13.0. The molecule has 0 aromatic carbocycles. The van der Waals surface area contributed by atoms with Crippen LogP contribution in [0.5, 0.6) is 0 Å². The van der Waals surface area contributed by atoms with E-state index in [0.29, 0.717) is 4.20 Å². The van der Waals surface area contributed by atoms with Crippen LogP contribution in [0.25, 0.3) is 0 Å². The van der Waals surface area contributed by atoms with Crippen molar-refractivity contribution in [2.24, 2.45) is 0 Å². The Bertz CT molecular complexity index is 115. The van der Waals surface area contributed by atoms with E-state index >= 15 is 0 Å². The highest BCUT2D eigenvalue weighted by Crippen LogP contribution is 2.07. The van der Waals surface area contributed by atoms with Crippen molar-refractivity contribution in [3.05, 3.63) is 0 Å². The van der Waals surface area contributed by atoms with Gasteiger partial charge in [-0.2, -0.15) is 0 Å². The van der Waals surface area contributed by atoms with Gasteiger partial charge in [0.15, 0.2) is 0 Å². The minimum atomic E-state index is -0.481. The molecule has 0 radical (unpaired) electrons. The zero-order chi connectivity index (χ0) is 8.69. The lowest BCUT2D eigenvalue weighted by Crippen LogP contribution is -2.12. The summed E-state index contributed by atoms with van der Waals surface area (Å²) in [5.74, 6) is 0. The topological polar surface area (TPSA) is 20.2 Å². The lowest BCUT2D eigenvalue weighted by atomic mass is 10.1. The van der Waals surface area contributed by atoms with Crippen LogP contribution in [0.3, 0.4) is 0 Å². The van der Waals surface area contributed by atoms with Gasteiger partial charge in [0, 0.05) is 0 Å². The fourth-order valence-electron chi connectivity index (χ4n) is 0.888. The molecule has 0 saturated carbocycles. The van der Waals surface area contributed by atoms with Crippen molar-refractivity contribution >= 4 is 29.0 Å². The summed E-state index contributed by atoms with van der Waals surface area (Å²) >= 11 is 8.61. The highest BCUT2D eigenvalue weighted by atomic mass is 32.1. The highest BCUT2D eigenvalue weighted by molar-refractivity contribution is 8.11. The second kappa shape index (κ2) is 7.07. The summed E-state index contributed by atoms with van der Waals surface area (Å²) in [4.78, 5) is 0. The lowest BCUT2D eigenvalue weighted by molar-refractivity contribution is 0.231. The molecule has 0 saturated heterocycles. The minimum absolute atomic E-state index is 0.418. The first kappa shape index (κ1) is 11.4. The molecule has 0 heterocycles. The van der Waals surface area contributed by atoms with E-state index in [9.17, 15) is 5.11 Å². The van der Waals surface area contributed by atoms with Crippen molar-refractivity contribution in [1.82, 2.24) is 0 Å². The van der Waals surface area contributed by atoms with E-state index < -0.39 is 6.10 Å². The van der Waals surface area contributed by atoms with Crippen LogP contribution >= 0.6 is 24.8 Å². The summed E-state index contributed by atoms with van der Waals surface area (Å²) in [7, 11) is 0. The van der Waals surface area contributed by atoms with Crippen LogP contribution in [-0.4, -0.2) is 15.4 Å². The van der Waals surface area contributed by atoms with Crippen molar-refractivity contribution in [3.8, 4) is 0 Å². The quantitative estimate of drug-likeness (QED) is 0.383. The molecule has 1 N–H and O–H groups in total. The number of aliphatic hydroxyl groups excluding tert-OH is 1. The van der Waals surface area contributed by atoms with E-state index in [-0.39, 0.29) is 0 Å². The molecule has 0 aromatic rings. The Morgan fingerprint density at radius 1 is 1.45 bits per heavy atom. The smallest absolute Gasteiger partial charge is 0.0947 e. The van der Waals surface area contributed by atoms with E-state index in [2.05, 4.69) is 19.6 Å². The molecule has 3 heteroatoms. The van der Waals surface area contributed by atoms with E-state index in [1.165, 1.54) is 19.3 Å². The maximum absolute atomic E-state index is 9.21. The van der Waals surface area contributed by atoms with E-state index in [1.54, 1.807) is 0 Å². The van der Waals surface area contributed by atoms with Gasteiger partial charge < -0.3 is 5.11 Å². The van der Waals surface area contributed by atoms with Crippen molar-refractivity contribution in [1.29, 1.82) is 0 Å². The number of rotatable bonds is 6. The molecule has 0 bridgehead atoms. The minimum Gasteiger partial charge on any atom is -0.387 e.